The summed E-state index contributed by atoms with van der Waals surface area (Å²) in [6, 6.07) is 9.44. The summed E-state index contributed by atoms with van der Waals surface area (Å²) in [7, 11) is 0. The first kappa shape index (κ1) is 25.1. The van der Waals surface area contributed by atoms with Gasteiger partial charge in [-0.15, -0.1) is 0 Å². The van der Waals surface area contributed by atoms with Crippen LogP contribution in [0.1, 0.15) is 33.1 Å². The highest BCUT2D eigenvalue weighted by atomic mass is 16.7. The van der Waals surface area contributed by atoms with Gasteiger partial charge in [-0.05, 0) is 38.8 Å². The highest BCUT2D eigenvalue weighted by Gasteiger charge is 2.28. The van der Waals surface area contributed by atoms with E-state index >= 15 is 0 Å². The molecule has 174 valence electrons. The lowest BCUT2D eigenvalue weighted by molar-refractivity contribution is -0.167. The Hall–Kier alpha value is -2.16. The van der Waals surface area contributed by atoms with Gasteiger partial charge in [-0.25, -0.2) is 0 Å². The van der Waals surface area contributed by atoms with Crippen molar-refractivity contribution in [3.05, 3.63) is 30.3 Å². The van der Waals surface area contributed by atoms with E-state index in [2.05, 4.69) is 5.32 Å². The first-order chi connectivity index (χ1) is 15.1. The van der Waals surface area contributed by atoms with Crippen LogP contribution in [0.25, 0.3) is 0 Å². The number of likely N-dealkylation sites (tertiary alicyclic amines) is 1. The van der Waals surface area contributed by atoms with Crippen LogP contribution >= 0.6 is 0 Å². The molecule has 1 aliphatic heterocycles. The van der Waals surface area contributed by atoms with Crippen LogP contribution in [0.15, 0.2) is 30.3 Å². The van der Waals surface area contributed by atoms with Crippen molar-refractivity contribution in [3.8, 4) is 5.75 Å². The molecule has 0 saturated carbocycles. The number of benzene rings is 1. The van der Waals surface area contributed by atoms with Gasteiger partial charge in [-0.3, -0.25) is 9.59 Å². The lowest BCUT2D eigenvalue weighted by Crippen LogP contribution is -2.46. The molecular weight excluding hydrogens is 400 g/mol. The van der Waals surface area contributed by atoms with Gasteiger partial charge in [0.05, 0.1) is 32.2 Å². The fourth-order valence-electron chi connectivity index (χ4n) is 3.44. The SMILES string of the molecule is CCOC(COCCNC(=O)[C@H]1CCCN(C(=O)CCOc2ccccc2)C1)OCC. The van der Waals surface area contributed by atoms with E-state index in [0.717, 1.165) is 18.6 Å². The van der Waals surface area contributed by atoms with Crippen LogP contribution in [0.4, 0.5) is 0 Å². The van der Waals surface area contributed by atoms with Crippen LogP contribution in [0, 0.1) is 5.92 Å². The van der Waals surface area contributed by atoms with Crippen molar-refractivity contribution in [1.29, 1.82) is 0 Å². The monoisotopic (exact) mass is 436 g/mol. The third-order valence-corrected chi connectivity index (χ3v) is 4.98. The number of nitrogens with one attached hydrogen (secondary N) is 1. The maximum absolute atomic E-state index is 12.5. The molecule has 8 nitrogen and oxygen atoms in total. The Kier molecular flexibility index (Phi) is 12.0. The number of para-hydroxylation sites is 1. The van der Waals surface area contributed by atoms with Crippen LogP contribution in [-0.4, -0.2) is 75.7 Å². The van der Waals surface area contributed by atoms with Gasteiger partial charge in [0.2, 0.25) is 11.8 Å². The highest BCUT2D eigenvalue weighted by Crippen LogP contribution is 2.18. The van der Waals surface area contributed by atoms with Crippen molar-refractivity contribution in [2.45, 2.75) is 39.4 Å². The van der Waals surface area contributed by atoms with E-state index < -0.39 is 0 Å². The minimum atomic E-state index is -0.380. The van der Waals surface area contributed by atoms with Gasteiger partial charge in [0, 0.05) is 32.8 Å². The van der Waals surface area contributed by atoms with E-state index in [1.165, 1.54) is 0 Å². The number of amides is 2. The number of nitrogens with zero attached hydrogens (tertiary/aromatic N) is 1. The predicted octanol–water partition coefficient (Wildman–Crippen LogP) is 2.23. The van der Waals surface area contributed by atoms with Gasteiger partial charge in [-0.1, -0.05) is 18.2 Å². The van der Waals surface area contributed by atoms with Gasteiger partial charge in [0.25, 0.3) is 0 Å². The summed E-state index contributed by atoms with van der Waals surface area (Å²) < 4.78 is 22.0. The van der Waals surface area contributed by atoms with Crippen molar-refractivity contribution < 1.29 is 28.5 Å². The van der Waals surface area contributed by atoms with Gasteiger partial charge >= 0.3 is 0 Å². The van der Waals surface area contributed by atoms with Crippen molar-refractivity contribution >= 4 is 11.8 Å². The Morgan fingerprint density at radius 2 is 1.87 bits per heavy atom. The first-order valence-electron chi connectivity index (χ1n) is 11.2. The van der Waals surface area contributed by atoms with Crippen molar-refractivity contribution in [2.24, 2.45) is 5.92 Å². The molecule has 0 aliphatic carbocycles. The zero-order valence-corrected chi connectivity index (χ0v) is 18.7. The minimum Gasteiger partial charge on any atom is -0.493 e. The largest absolute Gasteiger partial charge is 0.493 e. The molecule has 1 aromatic rings. The van der Waals surface area contributed by atoms with Gasteiger partial charge in [0.1, 0.15) is 5.75 Å². The van der Waals surface area contributed by atoms with Crippen LogP contribution < -0.4 is 10.1 Å². The van der Waals surface area contributed by atoms with E-state index in [4.69, 9.17) is 18.9 Å². The van der Waals surface area contributed by atoms with Gasteiger partial charge in [-0.2, -0.15) is 0 Å². The van der Waals surface area contributed by atoms with Crippen molar-refractivity contribution in [3.63, 3.8) is 0 Å². The number of carbonyl (C=O) groups excluding carboxylic acids is 2. The molecule has 1 atom stereocenters. The average Bonchev–Trinajstić information content (AvgIpc) is 2.79. The second kappa shape index (κ2) is 14.8. The fourth-order valence-corrected chi connectivity index (χ4v) is 3.44. The van der Waals surface area contributed by atoms with E-state index in [-0.39, 0.29) is 24.0 Å². The molecular formula is C23H36N2O6. The summed E-state index contributed by atoms with van der Waals surface area (Å²) in [5.41, 5.74) is 0. The van der Waals surface area contributed by atoms with E-state index in [1.807, 2.05) is 44.2 Å². The molecule has 0 spiro atoms. The summed E-state index contributed by atoms with van der Waals surface area (Å²) in [5, 5.41) is 2.91. The summed E-state index contributed by atoms with van der Waals surface area (Å²) in [4.78, 5) is 26.8. The summed E-state index contributed by atoms with van der Waals surface area (Å²) in [6.07, 6.45) is 1.53. The number of hydrogen-bond acceptors (Lipinski definition) is 6. The number of ether oxygens (including phenoxy) is 4. The number of piperidine rings is 1. The molecule has 8 heteroatoms. The van der Waals surface area contributed by atoms with E-state index in [0.29, 0.717) is 59.1 Å². The summed E-state index contributed by atoms with van der Waals surface area (Å²) in [6.45, 7) is 7.52. The molecule has 0 aromatic heterocycles. The zero-order valence-electron chi connectivity index (χ0n) is 18.7. The average molecular weight is 437 g/mol. The molecule has 1 aliphatic rings. The molecule has 1 heterocycles. The normalized spacial score (nSPS) is 16.4. The van der Waals surface area contributed by atoms with Gasteiger partial charge < -0.3 is 29.2 Å². The molecule has 0 radical (unpaired) electrons. The lowest BCUT2D eigenvalue weighted by atomic mass is 9.97. The highest BCUT2D eigenvalue weighted by molar-refractivity contribution is 5.81. The third kappa shape index (κ3) is 9.67. The number of carbonyl (C=O) groups is 2. The van der Waals surface area contributed by atoms with Crippen LogP contribution in [-0.2, 0) is 23.8 Å². The maximum Gasteiger partial charge on any atom is 0.226 e. The molecule has 31 heavy (non-hydrogen) atoms. The standard InChI is InChI=1S/C23H36N2O6/c1-3-29-22(30-4-2)18-28-16-13-24-23(27)19-9-8-14-25(17-19)21(26)12-15-31-20-10-6-5-7-11-20/h5-7,10-11,19,22H,3-4,8-9,12-18H2,1-2H3,(H,24,27)/t19-/m0/s1. The van der Waals surface area contributed by atoms with Gasteiger partial charge in [0.15, 0.2) is 6.29 Å². The summed E-state index contributed by atoms with van der Waals surface area (Å²) in [5.74, 6) is 0.553. The second-order valence-corrected chi connectivity index (χ2v) is 7.30. The molecule has 1 saturated heterocycles. The maximum atomic E-state index is 12.5. The summed E-state index contributed by atoms with van der Waals surface area (Å²) >= 11 is 0. The first-order valence-corrected chi connectivity index (χ1v) is 11.2. The topological polar surface area (TPSA) is 86.3 Å². The molecule has 0 unspecified atom stereocenters. The smallest absolute Gasteiger partial charge is 0.226 e. The minimum absolute atomic E-state index is 0.0228. The quantitative estimate of drug-likeness (QED) is 0.356. The van der Waals surface area contributed by atoms with Crippen LogP contribution in [0.3, 0.4) is 0 Å². The Labute approximate surface area is 185 Å². The molecule has 2 amide bonds. The Morgan fingerprint density at radius 1 is 1.13 bits per heavy atom. The molecule has 1 fully saturated rings. The van der Waals surface area contributed by atoms with Crippen molar-refractivity contribution in [1.82, 2.24) is 10.2 Å². The van der Waals surface area contributed by atoms with Crippen LogP contribution in [0.2, 0.25) is 0 Å². The zero-order chi connectivity index (χ0) is 22.3. The molecule has 2 rings (SSSR count). The molecule has 1 aromatic carbocycles. The Morgan fingerprint density at radius 3 is 2.58 bits per heavy atom. The number of hydrogen-bond donors (Lipinski definition) is 1. The molecule has 1 N–H and O–H groups in total. The van der Waals surface area contributed by atoms with Crippen LogP contribution in [0.5, 0.6) is 5.75 Å². The fraction of sp³-hybridized carbons (Fsp3) is 0.652. The Bertz CT molecular complexity index is 636. The number of rotatable bonds is 14. The second-order valence-electron chi connectivity index (χ2n) is 7.30. The van der Waals surface area contributed by atoms with E-state index in [9.17, 15) is 9.59 Å². The van der Waals surface area contributed by atoms with E-state index in [1.54, 1.807) is 4.90 Å². The predicted molar refractivity (Wildman–Crippen MR) is 117 cm³/mol. The lowest BCUT2D eigenvalue weighted by Gasteiger charge is -2.32. The van der Waals surface area contributed by atoms with Crippen molar-refractivity contribution in [2.75, 3.05) is 52.7 Å². The third-order valence-electron chi connectivity index (χ3n) is 4.98. The molecule has 0 bridgehead atoms. The Balaban J connectivity index is 1.62.